The minimum atomic E-state index is -4.01. The van der Waals surface area contributed by atoms with Gasteiger partial charge in [-0.1, -0.05) is 30.3 Å². The second-order valence-electron chi connectivity index (χ2n) is 6.60. The number of carboxylic acid groups (broad SMARTS) is 1. The molecular formula is C21H21NO5S2. The van der Waals surface area contributed by atoms with Crippen molar-refractivity contribution in [3.8, 4) is 16.2 Å². The smallest absolute Gasteiger partial charge is 0.348 e. The SMILES string of the molecule is COc1cc(C)c(S(=O)(=O)Nc2cc(-c3ccccc3)sc2C(=O)O)c(C)c1C. The third-order valence-electron chi connectivity index (χ3n) is 4.70. The van der Waals surface area contributed by atoms with Crippen LogP contribution in [0.3, 0.4) is 0 Å². The summed E-state index contributed by atoms with van der Waals surface area (Å²) in [6.07, 6.45) is 0. The highest BCUT2D eigenvalue weighted by Gasteiger charge is 2.26. The highest BCUT2D eigenvalue weighted by atomic mass is 32.2. The van der Waals surface area contributed by atoms with Crippen LogP contribution in [0.4, 0.5) is 5.69 Å². The number of thiophene rings is 1. The highest BCUT2D eigenvalue weighted by molar-refractivity contribution is 7.92. The van der Waals surface area contributed by atoms with E-state index >= 15 is 0 Å². The number of carboxylic acids is 1. The molecule has 1 aromatic heterocycles. The van der Waals surface area contributed by atoms with E-state index in [2.05, 4.69) is 4.72 Å². The van der Waals surface area contributed by atoms with Crippen LogP contribution in [0, 0.1) is 20.8 Å². The molecule has 0 aliphatic rings. The van der Waals surface area contributed by atoms with Gasteiger partial charge in [0.15, 0.2) is 0 Å². The van der Waals surface area contributed by atoms with Crippen molar-refractivity contribution in [3.63, 3.8) is 0 Å². The highest BCUT2D eigenvalue weighted by Crippen LogP contribution is 2.37. The van der Waals surface area contributed by atoms with Crippen LogP contribution in [0.5, 0.6) is 5.75 Å². The molecule has 0 aliphatic carbocycles. The van der Waals surface area contributed by atoms with Crippen molar-refractivity contribution in [1.82, 2.24) is 0 Å². The lowest BCUT2D eigenvalue weighted by Gasteiger charge is -2.17. The van der Waals surface area contributed by atoms with Gasteiger partial charge in [0.05, 0.1) is 17.7 Å². The fourth-order valence-electron chi connectivity index (χ4n) is 3.21. The molecule has 0 spiro atoms. The van der Waals surface area contributed by atoms with Crippen LogP contribution in [-0.4, -0.2) is 26.6 Å². The molecule has 0 amide bonds. The number of sulfonamides is 1. The molecule has 0 radical (unpaired) electrons. The number of hydrogen-bond donors (Lipinski definition) is 2. The van der Waals surface area contributed by atoms with E-state index in [1.54, 1.807) is 32.9 Å². The number of methoxy groups -OCH3 is 1. The number of ether oxygens (including phenoxy) is 1. The summed E-state index contributed by atoms with van der Waals surface area (Å²) < 4.78 is 34.1. The van der Waals surface area contributed by atoms with E-state index in [4.69, 9.17) is 4.74 Å². The van der Waals surface area contributed by atoms with Gasteiger partial charge < -0.3 is 9.84 Å². The number of aromatic carboxylic acids is 1. The zero-order chi connectivity index (χ0) is 21.3. The van der Waals surface area contributed by atoms with Gasteiger partial charge in [-0.25, -0.2) is 13.2 Å². The third-order valence-corrected chi connectivity index (χ3v) is 7.52. The summed E-state index contributed by atoms with van der Waals surface area (Å²) in [5.74, 6) is -0.582. The molecule has 0 saturated heterocycles. The molecule has 3 aromatic rings. The Hall–Kier alpha value is -2.84. The van der Waals surface area contributed by atoms with Gasteiger partial charge in [-0.05, 0) is 55.2 Å². The molecule has 0 fully saturated rings. The first-order valence-electron chi connectivity index (χ1n) is 8.76. The largest absolute Gasteiger partial charge is 0.496 e. The average molecular weight is 432 g/mol. The Morgan fingerprint density at radius 1 is 1.07 bits per heavy atom. The van der Waals surface area contributed by atoms with Crippen LogP contribution < -0.4 is 9.46 Å². The average Bonchev–Trinajstić information content (AvgIpc) is 3.08. The second-order valence-corrected chi connectivity index (χ2v) is 9.28. The Kier molecular flexibility index (Phi) is 5.68. The van der Waals surface area contributed by atoms with Gasteiger partial charge in [0.25, 0.3) is 10.0 Å². The van der Waals surface area contributed by atoms with Gasteiger partial charge in [0, 0.05) is 4.88 Å². The van der Waals surface area contributed by atoms with E-state index in [0.29, 0.717) is 27.3 Å². The first kappa shape index (κ1) is 20.9. The Bertz CT molecular complexity index is 1180. The first-order chi connectivity index (χ1) is 13.7. The molecule has 0 unspecified atom stereocenters. The predicted molar refractivity (Wildman–Crippen MR) is 115 cm³/mol. The van der Waals surface area contributed by atoms with Crippen LogP contribution in [0.15, 0.2) is 47.4 Å². The molecule has 0 atom stereocenters. The molecule has 1 heterocycles. The van der Waals surface area contributed by atoms with Crippen molar-refractivity contribution in [2.75, 3.05) is 11.8 Å². The number of rotatable bonds is 6. The zero-order valence-electron chi connectivity index (χ0n) is 16.4. The van der Waals surface area contributed by atoms with E-state index in [9.17, 15) is 18.3 Å². The van der Waals surface area contributed by atoms with E-state index in [0.717, 1.165) is 16.9 Å². The van der Waals surface area contributed by atoms with Gasteiger partial charge in [-0.2, -0.15) is 0 Å². The maximum absolute atomic E-state index is 13.2. The maximum atomic E-state index is 13.2. The minimum absolute atomic E-state index is 0.0497. The molecule has 0 aliphatic heterocycles. The minimum Gasteiger partial charge on any atom is -0.496 e. The van der Waals surface area contributed by atoms with E-state index in [-0.39, 0.29) is 15.5 Å². The van der Waals surface area contributed by atoms with Crippen LogP contribution >= 0.6 is 11.3 Å². The van der Waals surface area contributed by atoms with Crippen molar-refractivity contribution in [2.45, 2.75) is 25.7 Å². The van der Waals surface area contributed by atoms with Gasteiger partial charge in [0.2, 0.25) is 0 Å². The molecule has 2 aromatic carbocycles. The fourth-order valence-corrected chi connectivity index (χ4v) is 5.83. The molecule has 152 valence electrons. The van der Waals surface area contributed by atoms with Crippen molar-refractivity contribution in [2.24, 2.45) is 0 Å². The Morgan fingerprint density at radius 3 is 2.31 bits per heavy atom. The van der Waals surface area contributed by atoms with Crippen molar-refractivity contribution < 1.29 is 23.1 Å². The van der Waals surface area contributed by atoms with Crippen molar-refractivity contribution >= 4 is 33.0 Å². The number of anilines is 1. The zero-order valence-corrected chi connectivity index (χ0v) is 18.1. The van der Waals surface area contributed by atoms with Crippen molar-refractivity contribution in [3.05, 3.63) is 64.0 Å². The maximum Gasteiger partial charge on any atom is 0.348 e. The van der Waals surface area contributed by atoms with Crippen LogP contribution in [0.25, 0.3) is 10.4 Å². The summed E-state index contributed by atoms with van der Waals surface area (Å²) in [4.78, 5) is 12.4. The lowest BCUT2D eigenvalue weighted by Crippen LogP contribution is -2.17. The summed E-state index contributed by atoms with van der Waals surface area (Å²) in [6.45, 7) is 5.18. The quantitative estimate of drug-likeness (QED) is 0.582. The summed E-state index contributed by atoms with van der Waals surface area (Å²) in [6, 6.07) is 12.4. The van der Waals surface area contributed by atoms with Crippen LogP contribution in [-0.2, 0) is 10.0 Å². The summed E-state index contributed by atoms with van der Waals surface area (Å²) in [5, 5.41) is 9.57. The monoisotopic (exact) mass is 431 g/mol. The third kappa shape index (κ3) is 3.99. The Morgan fingerprint density at radius 2 is 1.72 bits per heavy atom. The molecule has 29 heavy (non-hydrogen) atoms. The van der Waals surface area contributed by atoms with E-state index in [1.807, 2.05) is 30.3 Å². The number of carbonyl (C=O) groups is 1. The molecule has 2 N–H and O–H groups in total. The van der Waals surface area contributed by atoms with Crippen LogP contribution in [0.2, 0.25) is 0 Å². The lowest BCUT2D eigenvalue weighted by atomic mass is 10.1. The molecule has 0 saturated carbocycles. The van der Waals surface area contributed by atoms with Crippen molar-refractivity contribution in [1.29, 1.82) is 0 Å². The number of aryl methyl sites for hydroxylation is 1. The molecule has 6 nitrogen and oxygen atoms in total. The topological polar surface area (TPSA) is 92.7 Å². The second kappa shape index (κ2) is 7.88. The van der Waals surface area contributed by atoms with Gasteiger partial charge in [-0.3, -0.25) is 4.72 Å². The first-order valence-corrected chi connectivity index (χ1v) is 11.1. The normalized spacial score (nSPS) is 11.3. The number of hydrogen-bond acceptors (Lipinski definition) is 5. The van der Waals surface area contributed by atoms with Crippen LogP contribution in [0.1, 0.15) is 26.4 Å². The summed E-state index contributed by atoms with van der Waals surface area (Å²) >= 11 is 1.03. The standard InChI is InChI=1S/C21H21NO5S2/c1-12-10-17(27-4)13(2)14(3)20(12)29(25,26)22-16-11-18(28-19(16)21(23)24)15-8-6-5-7-9-15/h5-11,22H,1-4H3,(H,23,24). The summed E-state index contributed by atoms with van der Waals surface area (Å²) in [5.41, 5.74) is 2.66. The molecular weight excluding hydrogens is 410 g/mol. The Balaban J connectivity index is 2.09. The van der Waals surface area contributed by atoms with Gasteiger partial charge in [-0.15, -0.1) is 11.3 Å². The summed E-state index contributed by atoms with van der Waals surface area (Å²) in [7, 11) is -2.48. The van der Waals surface area contributed by atoms with E-state index in [1.165, 1.54) is 7.11 Å². The number of nitrogens with one attached hydrogen (secondary N) is 1. The molecule has 0 bridgehead atoms. The van der Waals surface area contributed by atoms with E-state index < -0.39 is 16.0 Å². The van der Waals surface area contributed by atoms with Gasteiger partial charge in [0.1, 0.15) is 10.6 Å². The fraction of sp³-hybridized carbons (Fsp3) is 0.190. The predicted octanol–water partition coefficient (Wildman–Crippen LogP) is 4.85. The van der Waals surface area contributed by atoms with Gasteiger partial charge >= 0.3 is 5.97 Å². The Labute approximate surface area is 173 Å². The lowest BCUT2D eigenvalue weighted by molar-refractivity contribution is 0.0703. The molecule has 3 rings (SSSR count). The molecule has 8 heteroatoms. The number of benzene rings is 2.